The Morgan fingerprint density at radius 3 is 2.57 bits per heavy atom. The van der Waals surface area contributed by atoms with Crippen LogP contribution in [0.5, 0.6) is 5.75 Å². The molecular weight excluding hydrogens is 281 g/mol. The summed E-state index contributed by atoms with van der Waals surface area (Å²) in [7, 11) is 0. The summed E-state index contributed by atoms with van der Waals surface area (Å²) in [6.07, 6.45) is 0.995. The van der Waals surface area contributed by atoms with Gasteiger partial charge < -0.3 is 4.74 Å². The first-order valence-electron chi connectivity index (χ1n) is 6.16. The molecule has 2 nitrogen and oxygen atoms in total. The second-order valence-electron chi connectivity index (χ2n) is 4.58. The second kappa shape index (κ2) is 4.77. The Morgan fingerprint density at radius 2 is 1.86 bits per heavy atom. The number of benzene rings is 2. The van der Waals surface area contributed by atoms with E-state index >= 15 is 0 Å². The van der Waals surface area contributed by atoms with Gasteiger partial charge in [0.15, 0.2) is 17.4 Å². The molecule has 3 rings (SSSR count). The third-order valence-electron chi connectivity index (χ3n) is 3.40. The minimum absolute atomic E-state index is 0.0589. The smallest absolute Gasteiger partial charge is 0.335 e. The molecule has 0 fully saturated rings. The van der Waals surface area contributed by atoms with Crippen molar-refractivity contribution in [3.05, 3.63) is 65.5 Å². The van der Waals surface area contributed by atoms with E-state index in [1.807, 2.05) is 0 Å². The number of fused-ring (bicyclic) bond motifs is 3. The molecule has 2 aromatic carbocycles. The molecule has 1 aliphatic rings. The van der Waals surface area contributed by atoms with Gasteiger partial charge in [0.1, 0.15) is 0 Å². The Morgan fingerprint density at radius 1 is 1.14 bits per heavy atom. The van der Waals surface area contributed by atoms with E-state index in [0.717, 1.165) is 6.08 Å². The lowest BCUT2D eigenvalue weighted by Gasteiger charge is -2.11. The van der Waals surface area contributed by atoms with Gasteiger partial charge in [-0.25, -0.2) is 13.6 Å². The standard InChI is InChI=1S/C16H9F3O2/c1-2-11(20)21-16-10-7-8-5-3-4-6-9(8)12(10)13(17)14(18)15(16)19/h2-6H,1,7H2. The maximum absolute atomic E-state index is 14.1. The van der Waals surface area contributed by atoms with Crippen molar-refractivity contribution in [3.8, 4) is 16.9 Å². The first-order valence-corrected chi connectivity index (χ1v) is 6.16. The van der Waals surface area contributed by atoms with Crippen LogP contribution in [-0.4, -0.2) is 5.97 Å². The van der Waals surface area contributed by atoms with Crippen molar-refractivity contribution in [2.75, 3.05) is 0 Å². The fourth-order valence-electron chi connectivity index (χ4n) is 2.49. The lowest BCUT2D eigenvalue weighted by molar-refractivity contribution is -0.129. The normalized spacial score (nSPS) is 11.8. The molecule has 2 aromatic rings. The quantitative estimate of drug-likeness (QED) is 0.311. The SMILES string of the molecule is C=CC(=O)Oc1c(F)c(F)c(F)c2c1Cc1ccccc1-2. The van der Waals surface area contributed by atoms with Crippen molar-refractivity contribution in [2.24, 2.45) is 0 Å². The number of hydrogen-bond donors (Lipinski definition) is 0. The number of hydrogen-bond acceptors (Lipinski definition) is 2. The van der Waals surface area contributed by atoms with Gasteiger partial charge in [-0.15, -0.1) is 0 Å². The zero-order valence-corrected chi connectivity index (χ0v) is 10.8. The third kappa shape index (κ3) is 1.93. The summed E-state index contributed by atoms with van der Waals surface area (Å²) in [5.41, 5.74) is 1.26. The third-order valence-corrected chi connectivity index (χ3v) is 3.40. The van der Waals surface area contributed by atoms with Crippen LogP contribution in [0, 0.1) is 17.5 Å². The summed E-state index contributed by atoms with van der Waals surface area (Å²) in [4.78, 5) is 11.3. The highest BCUT2D eigenvalue weighted by Gasteiger charge is 2.32. The average Bonchev–Trinajstić information content (AvgIpc) is 2.88. The highest BCUT2D eigenvalue weighted by atomic mass is 19.2. The molecule has 0 aliphatic heterocycles. The number of carbonyl (C=O) groups is 1. The molecule has 0 N–H and O–H groups in total. The molecule has 1 aliphatic carbocycles. The van der Waals surface area contributed by atoms with Crippen molar-refractivity contribution >= 4 is 5.97 Å². The molecule has 0 aromatic heterocycles. The largest absolute Gasteiger partial charge is 0.420 e. The van der Waals surface area contributed by atoms with Crippen LogP contribution in [0.4, 0.5) is 13.2 Å². The van der Waals surface area contributed by atoms with Gasteiger partial charge >= 0.3 is 5.97 Å². The number of ether oxygens (including phenoxy) is 1. The monoisotopic (exact) mass is 290 g/mol. The van der Waals surface area contributed by atoms with Crippen molar-refractivity contribution < 1.29 is 22.7 Å². The van der Waals surface area contributed by atoms with Gasteiger partial charge in [-0.3, -0.25) is 0 Å². The molecule has 0 heterocycles. The summed E-state index contributed by atoms with van der Waals surface area (Å²) in [5, 5.41) is 0. The van der Waals surface area contributed by atoms with Gasteiger partial charge in [0.05, 0.1) is 0 Å². The van der Waals surface area contributed by atoms with Gasteiger partial charge in [-0.1, -0.05) is 30.8 Å². The van der Waals surface area contributed by atoms with Gasteiger partial charge in [0, 0.05) is 23.6 Å². The van der Waals surface area contributed by atoms with E-state index in [1.54, 1.807) is 24.3 Å². The Kier molecular flexibility index (Phi) is 3.05. The van der Waals surface area contributed by atoms with Crippen molar-refractivity contribution in [3.63, 3.8) is 0 Å². The predicted octanol–water partition coefficient (Wildman–Crippen LogP) is 3.77. The van der Waals surface area contributed by atoms with E-state index in [4.69, 9.17) is 4.74 Å². The number of esters is 1. The maximum Gasteiger partial charge on any atom is 0.335 e. The molecule has 0 bridgehead atoms. The zero-order chi connectivity index (χ0) is 15.1. The van der Waals surface area contributed by atoms with Gasteiger partial charge in [0.25, 0.3) is 0 Å². The lowest BCUT2D eigenvalue weighted by Crippen LogP contribution is -2.09. The minimum Gasteiger partial charge on any atom is -0.420 e. The molecule has 0 unspecified atom stereocenters. The summed E-state index contributed by atoms with van der Waals surface area (Å²) in [5.74, 6) is -5.94. The highest BCUT2D eigenvalue weighted by Crippen LogP contribution is 2.45. The summed E-state index contributed by atoms with van der Waals surface area (Å²) >= 11 is 0. The van der Waals surface area contributed by atoms with E-state index in [-0.39, 0.29) is 17.5 Å². The molecule has 0 spiro atoms. The minimum atomic E-state index is -1.66. The summed E-state index contributed by atoms with van der Waals surface area (Å²) < 4.78 is 46.5. The Labute approximate surface area is 118 Å². The first-order chi connectivity index (χ1) is 10.0. The highest BCUT2D eigenvalue weighted by molar-refractivity contribution is 5.86. The van der Waals surface area contributed by atoms with Crippen molar-refractivity contribution in [1.29, 1.82) is 0 Å². The van der Waals surface area contributed by atoms with Crippen LogP contribution >= 0.6 is 0 Å². The van der Waals surface area contributed by atoms with E-state index in [9.17, 15) is 18.0 Å². The fourth-order valence-corrected chi connectivity index (χ4v) is 2.49. The molecule has 106 valence electrons. The molecule has 0 atom stereocenters. The molecule has 0 saturated carbocycles. The second-order valence-corrected chi connectivity index (χ2v) is 4.58. The van der Waals surface area contributed by atoms with Crippen LogP contribution < -0.4 is 4.74 Å². The number of carbonyl (C=O) groups excluding carboxylic acids is 1. The zero-order valence-electron chi connectivity index (χ0n) is 10.8. The van der Waals surface area contributed by atoms with Crippen LogP contribution in [0.2, 0.25) is 0 Å². The molecule has 5 heteroatoms. The van der Waals surface area contributed by atoms with Gasteiger partial charge in [-0.05, 0) is 11.1 Å². The van der Waals surface area contributed by atoms with Crippen molar-refractivity contribution in [1.82, 2.24) is 0 Å². The molecule has 21 heavy (non-hydrogen) atoms. The average molecular weight is 290 g/mol. The number of rotatable bonds is 2. The van der Waals surface area contributed by atoms with Gasteiger partial charge in [-0.2, -0.15) is 4.39 Å². The maximum atomic E-state index is 14.1. The summed E-state index contributed by atoms with van der Waals surface area (Å²) in [6.45, 7) is 3.19. The van der Waals surface area contributed by atoms with Crippen LogP contribution in [0.25, 0.3) is 11.1 Å². The van der Waals surface area contributed by atoms with E-state index in [1.165, 1.54) is 0 Å². The van der Waals surface area contributed by atoms with Crippen molar-refractivity contribution in [2.45, 2.75) is 6.42 Å². The summed E-state index contributed by atoms with van der Waals surface area (Å²) in [6, 6.07) is 6.75. The van der Waals surface area contributed by atoms with E-state index < -0.39 is 29.2 Å². The Bertz CT molecular complexity index is 782. The van der Waals surface area contributed by atoms with E-state index in [0.29, 0.717) is 11.1 Å². The van der Waals surface area contributed by atoms with E-state index in [2.05, 4.69) is 6.58 Å². The van der Waals surface area contributed by atoms with Crippen LogP contribution in [0.1, 0.15) is 11.1 Å². The topological polar surface area (TPSA) is 26.3 Å². The van der Waals surface area contributed by atoms with Crippen LogP contribution in [0.15, 0.2) is 36.9 Å². The fraction of sp³-hybridized carbons (Fsp3) is 0.0625. The number of halogens is 3. The molecule has 0 amide bonds. The Balaban J connectivity index is 2.28. The lowest BCUT2D eigenvalue weighted by atomic mass is 10.0. The Hall–Kier alpha value is -2.56. The molecule has 0 radical (unpaired) electrons. The molecule has 0 saturated heterocycles. The van der Waals surface area contributed by atoms with Crippen LogP contribution in [0.3, 0.4) is 0 Å². The first kappa shape index (κ1) is 13.4. The predicted molar refractivity (Wildman–Crippen MR) is 70.4 cm³/mol. The van der Waals surface area contributed by atoms with Gasteiger partial charge in [0.2, 0.25) is 5.82 Å². The van der Waals surface area contributed by atoms with Crippen LogP contribution in [-0.2, 0) is 11.2 Å². The molecular formula is C16H9F3O2.